The van der Waals surface area contributed by atoms with Crippen LogP contribution in [0.4, 0.5) is 11.4 Å². The molecule has 0 bridgehead atoms. The summed E-state index contributed by atoms with van der Waals surface area (Å²) in [6, 6.07) is 6.04. The van der Waals surface area contributed by atoms with E-state index in [1.807, 2.05) is 0 Å². The average Bonchev–Trinajstić information content (AvgIpc) is 2.39. The standard InChI is InChI=1S/C13H17N3O3/c14-10-4-1-3-9(7-10)13(17)15-11-5-2-6-12(8-11)16(18)19/h2,5-6,8-10H,1,3-4,7,14H2,(H,15,17). The highest BCUT2D eigenvalue weighted by Crippen LogP contribution is 2.25. The molecule has 1 amide bonds. The fourth-order valence-electron chi connectivity index (χ4n) is 2.41. The van der Waals surface area contributed by atoms with Gasteiger partial charge in [-0.05, 0) is 25.3 Å². The Balaban J connectivity index is 2.02. The molecule has 2 atom stereocenters. The van der Waals surface area contributed by atoms with Gasteiger partial charge in [0.15, 0.2) is 0 Å². The topological polar surface area (TPSA) is 98.3 Å². The van der Waals surface area contributed by atoms with Gasteiger partial charge in [0, 0.05) is 29.8 Å². The summed E-state index contributed by atoms with van der Waals surface area (Å²) in [6.07, 6.45) is 3.42. The zero-order valence-electron chi connectivity index (χ0n) is 10.5. The zero-order valence-corrected chi connectivity index (χ0v) is 10.5. The second-order valence-corrected chi connectivity index (χ2v) is 4.92. The van der Waals surface area contributed by atoms with Crippen LogP contribution < -0.4 is 11.1 Å². The van der Waals surface area contributed by atoms with Crippen molar-refractivity contribution in [2.24, 2.45) is 11.7 Å². The summed E-state index contributed by atoms with van der Waals surface area (Å²) >= 11 is 0. The number of hydrogen-bond donors (Lipinski definition) is 2. The molecule has 6 nitrogen and oxygen atoms in total. The molecule has 0 spiro atoms. The van der Waals surface area contributed by atoms with Gasteiger partial charge in [0.05, 0.1) is 4.92 Å². The van der Waals surface area contributed by atoms with Gasteiger partial charge in [0.1, 0.15) is 0 Å². The van der Waals surface area contributed by atoms with Crippen molar-refractivity contribution in [2.75, 3.05) is 5.32 Å². The lowest BCUT2D eigenvalue weighted by Gasteiger charge is -2.25. The summed E-state index contributed by atoms with van der Waals surface area (Å²) in [5, 5.41) is 13.4. The minimum atomic E-state index is -0.480. The summed E-state index contributed by atoms with van der Waals surface area (Å²) in [5.74, 6) is -0.196. The number of non-ortho nitro benzene ring substituents is 1. The summed E-state index contributed by atoms with van der Waals surface area (Å²) in [6.45, 7) is 0. The molecule has 1 aromatic rings. The highest BCUT2D eigenvalue weighted by atomic mass is 16.6. The van der Waals surface area contributed by atoms with E-state index in [1.54, 1.807) is 12.1 Å². The molecule has 19 heavy (non-hydrogen) atoms. The number of hydrogen-bond acceptors (Lipinski definition) is 4. The van der Waals surface area contributed by atoms with Crippen molar-refractivity contribution in [1.29, 1.82) is 0 Å². The predicted molar refractivity (Wildman–Crippen MR) is 71.7 cm³/mol. The first-order valence-electron chi connectivity index (χ1n) is 6.37. The van der Waals surface area contributed by atoms with E-state index < -0.39 is 4.92 Å². The fraction of sp³-hybridized carbons (Fsp3) is 0.462. The second kappa shape index (κ2) is 5.79. The Morgan fingerprint density at radius 1 is 1.42 bits per heavy atom. The number of nitro benzene ring substituents is 1. The van der Waals surface area contributed by atoms with Gasteiger partial charge in [-0.2, -0.15) is 0 Å². The molecule has 102 valence electrons. The number of rotatable bonds is 3. The first-order valence-corrected chi connectivity index (χ1v) is 6.37. The van der Waals surface area contributed by atoms with Crippen molar-refractivity contribution in [2.45, 2.75) is 31.7 Å². The van der Waals surface area contributed by atoms with Gasteiger partial charge in [-0.3, -0.25) is 14.9 Å². The molecule has 2 unspecified atom stereocenters. The number of amides is 1. The van der Waals surface area contributed by atoms with E-state index >= 15 is 0 Å². The van der Waals surface area contributed by atoms with E-state index in [2.05, 4.69) is 5.32 Å². The average molecular weight is 263 g/mol. The minimum absolute atomic E-state index is 0.0295. The van der Waals surface area contributed by atoms with E-state index in [0.29, 0.717) is 12.1 Å². The molecule has 3 N–H and O–H groups in total. The number of anilines is 1. The van der Waals surface area contributed by atoms with Gasteiger partial charge in [-0.25, -0.2) is 0 Å². The molecule has 0 aliphatic heterocycles. The maximum atomic E-state index is 12.1. The molecular formula is C13H17N3O3. The monoisotopic (exact) mass is 263 g/mol. The summed E-state index contributed by atoms with van der Waals surface area (Å²) in [7, 11) is 0. The number of nitrogens with zero attached hydrogens (tertiary/aromatic N) is 1. The van der Waals surface area contributed by atoms with E-state index in [9.17, 15) is 14.9 Å². The van der Waals surface area contributed by atoms with Crippen LogP contribution in [0.15, 0.2) is 24.3 Å². The fourth-order valence-corrected chi connectivity index (χ4v) is 2.41. The molecule has 6 heteroatoms. The molecule has 1 saturated carbocycles. The molecule has 1 aliphatic carbocycles. The Morgan fingerprint density at radius 3 is 2.89 bits per heavy atom. The van der Waals surface area contributed by atoms with Crippen LogP contribution in [-0.4, -0.2) is 16.9 Å². The SMILES string of the molecule is NC1CCCC(C(=O)Nc2cccc([N+](=O)[O-])c2)C1. The van der Waals surface area contributed by atoms with E-state index in [-0.39, 0.29) is 23.6 Å². The quantitative estimate of drug-likeness (QED) is 0.644. The Bertz CT molecular complexity index is 490. The predicted octanol–water partition coefficient (Wildman–Crippen LogP) is 2.05. The van der Waals surface area contributed by atoms with Crippen LogP contribution in [0, 0.1) is 16.0 Å². The van der Waals surface area contributed by atoms with Crippen LogP contribution in [0.25, 0.3) is 0 Å². The highest BCUT2D eigenvalue weighted by molar-refractivity contribution is 5.92. The number of nitrogens with two attached hydrogens (primary N) is 1. The molecule has 0 heterocycles. The molecule has 1 fully saturated rings. The van der Waals surface area contributed by atoms with Crippen LogP contribution in [0.2, 0.25) is 0 Å². The maximum Gasteiger partial charge on any atom is 0.271 e. The Kier molecular flexibility index (Phi) is 4.11. The lowest BCUT2D eigenvalue weighted by Crippen LogP contribution is -2.34. The third-order valence-corrected chi connectivity index (χ3v) is 3.41. The zero-order chi connectivity index (χ0) is 13.8. The van der Waals surface area contributed by atoms with E-state index in [0.717, 1.165) is 19.3 Å². The molecule has 0 radical (unpaired) electrons. The van der Waals surface area contributed by atoms with Crippen molar-refractivity contribution in [3.05, 3.63) is 34.4 Å². The molecule has 2 rings (SSSR count). The number of carbonyl (C=O) groups excluding carboxylic acids is 1. The van der Waals surface area contributed by atoms with E-state index in [4.69, 9.17) is 5.73 Å². The van der Waals surface area contributed by atoms with E-state index in [1.165, 1.54) is 12.1 Å². The number of carbonyl (C=O) groups is 1. The van der Waals surface area contributed by atoms with Gasteiger partial charge >= 0.3 is 0 Å². The van der Waals surface area contributed by atoms with Crippen molar-refractivity contribution in [1.82, 2.24) is 0 Å². The van der Waals surface area contributed by atoms with Crippen LogP contribution in [-0.2, 0) is 4.79 Å². The van der Waals surface area contributed by atoms with Crippen LogP contribution in [0.1, 0.15) is 25.7 Å². The Labute approximate surface area is 111 Å². The van der Waals surface area contributed by atoms with Gasteiger partial charge in [-0.15, -0.1) is 0 Å². The lowest BCUT2D eigenvalue weighted by atomic mass is 9.85. The van der Waals surface area contributed by atoms with Crippen molar-refractivity contribution < 1.29 is 9.72 Å². The molecular weight excluding hydrogens is 246 g/mol. The van der Waals surface area contributed by atoms with Crippen molar-refractivity contribution in [3.8, 4) is 0 Å². The Hall–Kier alpha value is -1.95. The third-order valence-electron chi connectivity index (χ3n) is 3.41. The first kappa shape index (κ1) is 13.5. The molecule has 0 aromatic heterocycles. The number of nitro groups is 1. The van der Waals surface area contributed by atoms with Crippen LogP contribution >= 0.6 is 0 Å². The van der Waals surface area contributed by atoms with Crippen molar-refractivity contribution in [3.63, 3.8) is 0 Å². The van der Waals surface area contributed by atoms with Crippen LogP contribution in [0.5, 0.6) is 0 Å². The Morgan fingerprint density at radius 2 is 2.21 bits per heavy atom. The van der Waals surface area contributed by atoms with Crippen LogP contribution in [0.3, 0.4) is 0 Å². The highest BCUT2D eigenvalue weighted by Gasteiger charge is 2.25. The van der Waals surface area contributed by atoms with Gasteiger partial charge in [0.25, 0.3) is 5.69 Å². The third kappa shape index (κ3) is 3.51. The lowest BCUT2D eigenvalue weighted by molar-refractivity contribution is -0.384. The van der Waals surface area contributed by atoms with Gasteiger partial charge < -0.3 is 11.1 Å². The summed E-state index contributed by atoms with van der Waals surface area (Å²) < 4.78 is 0. The molecule has 1 aliphatic rings. The summed E-state index contributed by atoms with van der Waals surface area (Å²) in [4.78, 5) is 22.2. The maximum absolute atomic E-state index is 12.1. The smallest absolute Gasteiger partial charge is 0.271 e. The van der Waals surface area contributed by atoms with Gasteiger partial charge in [0.2, 0.25) is 5.91 Å². The normalized spacial score (nSPS) is 22.8. The van der Waals surface area contributed by atoms with Gasteiger partial charge in [-0.1, -0.05) is 12.5 Å². The minimum Gasteiger partial charge on any atom is -0.328 e. The molecule has 1 aromatic carbocycles. The second-order valence-electron chi connectivity index (χ2n) is 4.92. The number of benzene rings is 1. The number of nitrogens with one attached hydrogen (secondary N) is 1. The molecule has 0 saturated heterocycles. The van der Waals surface area contributed by atoms with Crippen molar-refractivity contribution >= 4 is 17.3 Å². The largest absolute Gasteiger partial charge is 0.328 e. The first-order chi connectivity index (χ1) is 9.06. The summed E-state index contributed by atoms with van der Waals surface area (Å²) in [5.41, 5.74) is 6.28.